The zero-order valence-electron chi connectivity index (χ0n) is 8.07. The highest BCUT2D eigenvalue weighted by molar-refractivity contribution is 9.10. The number of rotatable bonds is 4. The average molecular weight is 276 g/mol. The number of nitrogens with one attached hydrogen (secondary N) is 1. The van der Waals surface area contributed by atoms with E-state index in [4.69, 9.17) is 0 Å². The third kappa shape index (κ3) is 2.87. The molecular weight excluding hydrogens is 266 g/mol. The minimum atomic E-state index is -0.678. The first kappa shape index (κ1) is 11.9. The summed E-state index contributed by atoms with van der Waals surface area (Å²) in [7, 11) is 1.75. The van der Waals surface area contributed by atoms with Crippen LogP contribution >= 0.6 is 15.9 Å². The smallest absolute Gasteiger partial charge is 0.318 e. The summed E-state index contributed by atoms with van der Waals surface area (Å²) >= 11 is 3.12. The van der Waals surface area contributed by atoms with E-state index in [1.807, 2.05) is 0 Å². The van der Waals surface area contributed by atoms with Crippen LogP contribution in [0.15, 0.2) is 21.5 Å². The fourth-order valence-electron chi connectivity index (χ4n) is 1.11. The highest BCUT2D eigenvalue weighted by Crippen LogP contribution is 2.13. The van der Waals surface area contributed by atoms with Gasteiger partial charge < -0.3 is 9.88 Å². The van der Waals surface area contributed by atoms with Crippen LogP contribution in [0.1, 0.15) is 0 Å². The van der Waals surface area contributed by atoms with E-state index in [1.165, 1.54) is 16.8 Å². The zero-order valence-corrected chi connectivity index (χ0v) is 9.65. The Balaban J connectivity index is 3.17. The van der Waals surface area contributed by atoms with Gasteiger partial charge in [-0.05, 0) is 23.0 Å². The standard InChI is InChI=1S/C8H10BrN3O3/c1-10-2-3-11-5-6(9)4-7(8(11)13)12(14)15/h4-5,10H,2-3H2,1H3. The van der Waals surface area contributed by atoms with Gasteiger partial charge in [0.1, 0.15) is 0 Å². The van der Waals surface area contributed by atoms with Crippen LogP contribution in [0.3, 0.4) is 0 Å². The lowest BCUT2D eigenvalue weighted by Crippen LogP contribution is -2.26. The van der Waals surface area contributed by atoms with Crippen LogP contribution in [0.4, 0.5) is 5.69 Å². The second-order valence-corrected chi connectivity index (χ2v) is 3.82. The Kier molecular flexibility index (Phi) is 3.98. The van der Waals surface area contributed by atoms with Gasteiger partial charge in [0.2, 0.25) is 0 Å². The Hall–Kier alpha value is -1.21. The highest BCUT2D eigenvalue weighted by Gasteiger charge is 2.15. The van der Waals surface area contributed by atoms with Crippen molar-refractivity contribution in [3.05, 3.63) is 37.2 Å². The Bertz CT molecular complexity index is 430. The van der Waals surface area contributed by atoms with Crippen LogP contribution in [0.25, 0.3) is 0 Å². The molecule has 6 nitrogen and oxygen atoms in total. The number of hydrogen-bond acceptors (Lipinski definition) is 4. The quantitative estimate of drug-likeness (QED) is 0.650. The highest BCUT2D eigenvalue weighted by atomic mass is 79.9. The minimum absolute atomic E-state index is 0.398. The molecule has 1 heterocycles. The van der Waals surface area contributed by atoms with Gasteiger partial charge >= 0.3 is 11.2 Å². The van der Waals surface area contributed by atoms with Gasteiger partial charge in [0.15, 0.2) is 0 Å². The van der Waals surface area contributed by atoms with Crippen molar-refractivity contribution >= 4 is 21.6 Å². The summed E-state index contributed by atoms with van der Waals surface area (Å²) in [6, 6.07) is 1.21. The molecule has 0 aromatic carbocycles. The Labute approximate surface area is 94.2 Å². The molecule has 15 heavy (non-hydrogen) atoms. The minimum Gasteiger partial charge on any atom is -0.318 e. The number of halogens is 1. The molecule has 0 aliphatic carbocycles. The first-order valence-electron chi connectivity index (χ1n) is 4.25. The zero-order chi connectivity index (χ0) is 11.4. The maximum absolute atomic E-state index is 11.5. The number of likely N-dealkylation sites (N-methyl/N-ethyl adjacent to an activating group) is 1. The van der Waals surface area contributed by atoms with E-state index < -0.39 is 16.2 Å². The van der Waals surface area contributed by atoms with Crippen molar-refractivity contribution in [1.82, 2.24) is 9.88 Å². The van der Waals surface area contributed by atoms with E-state index >= 15 is 0 Å². The summed E-state index contributed by atoms with van der Waals surface area (Å²) in [6.45, 7) is 0.975. The molecule has 0 atom stereocenters. The van der Waals surface area contributed by atoms with Gasteiger partial charge in [0.05, 0.1) is 4.92 Å². The normalized spacial score (nSPS) is 10.3. The molecule has 1 aromatic rings. The summed E-state index contributed by atoms with van der Waals surface area (Å²) in [6.07, 6.45) is 1.53. The van der Waals surface area contributed by atoms with Crippen molar-refractivity contribution in [2.75, 3.05) is 13.6 Å². The number of nitro groups is 1. The lowest BCUT2D eigenvalue weighted by Gasteiger charge is -2.05. The lowest BCUT2D eigenvalue weighted by atomic mass is 10.4. The van der Waals surface area contributed by atoms with Crippen molar-refractivity contribution in [3.63, 3.8) is 0 Å². The SMILES string of the molecule is CNCCn1cc(Br)cc([N+](=O)[O-])c1=O. The van der Waals surface area contributed by atoms with Gasteiger partial charge in [0, 0.05) is 29.8 Å². The van der Waals surface area contributed by atoms with Crippen molar-refractivity contribution in [2.24, 2.45) is 0 Å². The number of pyridine rings is 1. The third-order valence-corrected chi connectivity index (χ3v) is 2.27. The van der Waals surface area contributed by atoms with E-state index in [2.05, 4.69) is 21.2 Å². The third-order valence-electron chi connectivity index (χ3n) is 1.83. The summed E-state index contributed by atoms with van der Waals surface area (Å²) < 4.78 is 1.82. The fourth-order valence-corrected chi connectivity index (χ4v) is 1.58. The monoisotopic (exact) mass is 275 g/mol. The van der Waals surface area contributed by atoms with Gasteiger partial charge in [-0.2, -0.15) is 0 Å². The maximum Gasteiger partial charge on any atom is 0.335 e. The molecule has 0 radical (unpaired) electrons. The largest absolute Gasteiger partial charge is 0.335 e. The Morgan fingerprint density at radius 1 is 1.67 bits per heavy atom. The molecule has 1 aromatic heterocycles. The molecule has 0 fully saturated rings. The molecule has 7 heteroatoms. The van der Waals surface area contributed by atoms with Gasteiger partial charge in [0.25, 0.3) is 0 Å². The number of aromatic nitrogens is 1. The molecule has 0 spiro atoms. The second-order valence-electron chi connectivity index (χ2n) is 2.90. The summed E-state index contributed by atoms with van der Waals surface area (Å²) in [5, 5.41) is 13.4. The van der Waals surface area contributed by atoms with Crippen LogP contribution in [0.5, 0.6) is 0 Å². The van der Waals surface area contributed by atoms with Gasteiger partial charge in [-0.15, -0.1) is 0 Å². The van der Waals surface area contributed by atoms with Crippen molar-refractivity contribution < 1.29 is 4.92 Å². The molecule has 0 unspecified atom stereocenters. The van der Waals surface area contributed by atoms with E-state index in [0.29, 0.717) is 17.6 Å². The predicted molar refractivity (Wildman–Crippen MR) is 59.0 cm³/mol. The van der Waals surface area contributed by atoms with Crippen molar-refractivity contribution in [1.29, 1.82) is 0 Å². The van der Waals surface area contributed by atoms with Crippen LogP contribution in [0, 0.1) is 10.1 Å². The number of nitrogens with zero attached hydrogens (tertiary/aromatic N) is 2. The van der Waals surface area contributed by atoms with Crippen LogP contribution in [0.2, 0.25) is 0 Å². The fraction of sp³-hybridized carbons (Fsp3) is 0.375. The van der Waals surface area contributed by atoms with Crippen molar-refractivity contribution in [3.8, 4) is 0 Å². The molecule has 0 aliphatic rings. The number of hydrogen-bond donors (Lipinski definition) is 1. The Morgan fingerprint density at radius 2 is 2.33 bits per heavy atom. The second kappa shape index (κ2) is 5.04. The lowest BCUT2D eigenvalue weighted by molar-refractivity contribution is -0.386. The average Bonchev–Trinajstić information content (AvgIpc) is 2.18. The van der Waals surface area contributed by atoms with Crippen LogP contribution in [-0.4, -0.2) is 23.1 Å². The molecule has 0 aliphatic heterocycles. The van der Waals surface area contributed by atoms with Crippen molar-refractivity contribution in [2.45, 2.75) is 6.54 Å². The van der Waals surface area contributed by atoms with Gasteiger partial charge in [-0.3, -0.25) is 14.9 Å². The molecule has 82 valence electrons. The summed E-state index contributed by atoms with van der Waals surface area (Å²) in [5.41, 5.74) is -1.00. The van der Waals surface area contributed by atoms with E-state index in [9.17, 15) is 14.9 Å². The topological polar surface area (TPSA) is 77.2 Å². The molecule has 1 rings (SSSR count). The molecule has 0 saturated heterocycles. The molecular formula is C8H10BrN3O3. The summed E-state index contributed by atoms with van der Waals surface area (Å²) in [5.74, 6) is 0. The predicted octanol–water partition coefficient (Wildman–Crippen LogP) is 0.738. The van der Waals surface area contributed by atoms with Crippen LogP contribution in [-0.2, 0) is 6.54 Å². The molecule has 1 N–H and O–H groups in total. The maximum atomic E-state index is 11.5. The van der Waals surface area contributed by atoms with E-state index in [-0.39, 0.29) is 0 Å². The van der Waals surface area contributed by atoms with Gasteiger partial charge in [-0.25, -0.2) is 0 Å². The van der Waals surface area contributed by atoms with Crippen LogP contribution < -0.4 is 10.9 Å². The van der Waals surface area contributed by atoms with E-state index in [0.717, 1.165) is 0 Å². The molecule has 0 saturated carbocycles. The van der Waals surface area contributed by atoms with Gasteiger partial charge in [-0.1, -0.05) is 0 Å². The first-order valence-corrected chi connectivity index (χ1v) is 5.04. The molecule has 0 bridgehead atoms. The van der Waals surface area contributed by atoms with E-state index in [1.54, 1.807) is 7.05 Å². The summed E-state index contributed by atoms with van der Waals surface area (Å²) in [4.78, 5) is 21.4. The first-order chi connectivity index (χ1) is 7.06. The molecule has 0 amide bonds. The Morgan fingerprint density at radius 3 is 2.87 bits per heavy atom.